The summed E-state index contributed by atoms with van der Waals surface area (Å²) in [5, 5.41) is 13.6. The van der Waals surface area contributed by atoms with Crippen molar-refractivity contribution >= 4 is 12.1 Å². The number of alkyl carbamates (subject to hydrolysis) is 1. The van der Waals surface area contributed by atoms with Crippen LogP contribution in [-0.2, 0) is 14.3 Å². The van der Waals surface area contributed by atoms with Gasteiger partial charge in [-0.3, -0.25) is 14.9 Å². The molecule has 0 fully saturated rings. The quantitative estimate of drug-likeness (QED) is 0.415. The van der Waals surface area contributed by atoms with Crippen molar-refractivity contribution in [2.24, 2.45) is 11.8 Å². The van der Waals surface area contributed by atoms with Crippen molar-refractivity contribution < 1.29 is 24.0 Å². The van der Waals surface area contributed by atoms with E-state index in [1.165, 1.54) is 0 Å². The van der Waals surface area contributed by atoms with E-state index in [-0.39, 0.29) is 18.9 Å². The van der Waals surface area contributed by atoms with E-state index in [9.17, 15) is 19.7 Å². The molecule has 0 aliphatic heterocycles. The Labute approximate surface area is 137 Å². The molecule has 8 heteroatoms. The molecule has 0 aliphatic rings. The van der Waals surface area contributed by atoms with E-state index in [0.29, 0.717) is 0 Å². The number of nitrogens with zero attached hydrogens (tertiary/aromatic N) is 1. The largest absolute Gasteiger partial charge is 0.466 e. The molecule has 0 aromatic heterocycles. The second-order valence-corrected chi connectivity index (χ2v) is 6.70. The van der Waals surface area contributed by atoms with E-state index in [4.69, 9.17) is 9.47 Å². The van der Waals surface area contributed by atoms with E-state index in [1.807, 2.05) is 13.8 Å². The lowest BCUT2D eigenvalue weighted by Crippen LogP contribution is -2.48. The first-order valence-electron chi connectivity index (χ1n) is 7.73. The van der Waals surface area contributed by atoms with Crippen LogP contribution in [0.25, 0.3) is 0 Å². The predicted octanol–water partition coefficient (Wildman–Crippen LogP) is 2.38. The van der Waals surface area contributed by atoms with Gasteiger partial charge in [-0.05, 0) is 33.6 Å². The van der Waals surface area contributed by atoms with Gasteiger partial charge in [0, 0.05) is 11.0 Å². The van der Waals surface area contributed by atoms with Crippen LogP contribution in [0.4, 0.5) is 4.79 Å². The highest BCUT2D eigenvalue weighted by molar-refractivity contribution is 5.70. The summed E-state index contributed by atoms with van der Waals surface area (Å²) in [5.74, 6) is -1.30. The summed E-state index contributed by atoms with van der Waals surface area (Å²) in [4.78, 5) is 34.1. The molecule has 0 heterocycles. The topological polar surface area (TPSA) is 108 Å². The number of ether oxygens (including phenoxy) is 2. The minimum atomic E-state index is -0.675. The van der Waals surface area contributed by atoms with Crippen LogP contribution < -0.4 is 5.32 Å². The number of hydrogen-bond donors (Lipinski definition) is 1. The normalized spacial score (nSPS) is 14.0. The third kappa shape index (κ3) is 9.70. The van der Waals surface area contributed by atoms with E-state index < -0.39 is 41.1 Å². The summed E-state index contributed by atoms with van der Waals surface area (Å²) in [6.07, 6.45) is -0.790. The van der Waals surface area contributed by atoms with Crippen LogP contribution in [0.1, 0.15) is 48.0 Å². The average molecular weight is 332 g/mol. The van der Waals surface area contributed by atoms with Gasteiger partial charge in [-0.15, -0.1) is 0 Å². The highest BCUT2D eigenvalue weighted by Gasteiger charge is 2.33. The summed E-state index contributed by atoms with van der Waals surface area (Å²) in [6.45, 7) is 10.3. The van der Waals surface area contributed by atoms with Crippen molar-refractivity contribution in [3.05, 3.63) is 10.1 Å². The van der Waals surface area contributed by atoms with Crippen LogP contribution in [-0.4, -0.2) is 41.8 Å². The minimum absolute atomic E-state index is 0.109. The third-order valence-electron chi connectivity index (χ3n) is 3.03. The number of rotatable bonds is 8. The Kier molecular flexibility index (Phi) is 8.56. The van der Waals surface area contributed by atoms with Crippen LogP contribution >= 0.6 is 0 Å². The van der Waals surface area contributed by atoms with Crippen molar-refractivity contribution in [2.75, 3.05) is 13.2 Å². The Morgan fingerprint density at radius 3 is 2.22 bits per heavy atom. The summed E-state index contributed by atoms with van der Waals surface area (Å²) in [7, 11) is 0. The first-order chi connectivity index (χ1) is 10.5. The zero-order valence-corrected chi connectivity index (χ0v) is 14.8. The molecule has 0 saturated carbocycles. The zero-order valence-electron chi connectivity index (χ0n) is 14.8. The maximum atomic E-state index is 12.0. The van der Waals surface area contributed by atoms with Gasteiger partial charge >= 0.3 is 12.1 Å². The van der Waals surface area contributed by atoms with Crippen molar-refractivity contribution in [3.63, 3.8) is 0 Å². The van der Waals surface area contributed by atoms with Crippen LogP contribution in [0.3, 0.4) is 0 Å². The lowest BCUT2D eigenvalue weighted by atomic mass is 9.88. The highest BCUT2D eigenvalue weighted by atomic mass is 16.6. The lowest BCUT2D eigenvalue weighted by Gasteiger charge is -2.29. The number of amides is 1. The Hall–Kier alpha value is -1.86. The predicted molar refractivity (Wildman–Crippen MR) is 84.6 cm³/mol. The Morgan fingerprint density at radius 2 is 1.83 bits per heavy atom. The molecule has 0 aromatic rings. The zero-order chi connectivity index (χ0) is 18.2. The maximum absolute atomic E-state index is 12.0. The minimum Gasteiger partial charge on any atom is -0.466 e. The van der Waals surface area contributed by atoms with Crippen molar-refractivity contribution in [2.45, 2.75) is 59.6 Å². The molecule has 0 unspecified atom stereocenters. The Morgan fingerprint density at radius 1 is 1.26 bits per heavy atom. The van der Waals surface area contributed by atoms with E-state index in [2.05, 4.69) is 5.32 Å². The number of nitro groups is 1. The van der Waals surface area contributed by atoms with Crippen LogP contribution in [0, 0.1) is 22.0 Å². The summed E-state index contributed by atoms with van der Waals surface area (Å²) >= 11 is 0. The Bertz CT molecular complexity index is 417. The van der Waals surface area contributed by atoms with E-state index >= 15 is 0 Å². The molecule has 0 rings (SSSR count). The first-order valence-corrected chi connectivity index (χ1v) is 7.73. The second kappa shape index (κ2) is 9.32. The van der Waals surface area contributed by atoms with Gasteiger partial charge in [-0.1, -0.05) is 13.8 Å². The monoisotopic (exact) mass is 332 g/mol. The Balaban J connectivity index is 5.09. The molecule has 0 radical (unpaired) electrons. The second-order valence-electron chi connectivity index (χ2n) is 6.70. The fraction of sp³-hybridized carbons (Fsp3) is 0.867. The fourth-order valence-corrected chi connectivity index (χ4v) is 2.20. The molecule has 0 aliphatic carbocycles. The van der Waals surface area contributed by atoms with Gasteiger partial charge in [-0.2, -0.15) is 0 Å². The molecule has 0 spiro atoms. The van der Waals surface area contributed by atoms with Gasteiger partial charge < -0.3 is 14.8 Å². The first kappa shape index (κ1) is 21.1. The van der Waals surface area contributed by atoms with E-state index in [0.717, 1.165) is 0 Å². The molecule has 134 valence electrons. The number of carbonyl (C=O) groups is 2. The number of nitrogens with one attached hydrogen (secondary N) is 1. The van der Waals surface area contributed by atoms with E-state index in [1.54, 1.807) is 27.7 Å². The van der Waals surface area contributed by atoms with Crippen LogP contribution in [0.2, 0.25) is 0 Å². The number of hydrogen-bond acceptors (Lipinski definition) is 6. The van der Waals surface area contributed by atoms with Gasteiger partial charge in [0.25, 0.3) is 0 Å². The summed E-state index contributed by atoms with van der Waals surface area (Å²) < 4.78 is 10.1. The van der Waals surface area contributed by atoms with Gasteiger partial charge in [0.2, 0.25) is 6.54 Å². The number of esters is 1. The maximum Gasteiger partial charge on any atom is 0.407 e. The van der Waals surface area contributed by atoms with Crippen molar-refractivity contribution in [1.29, 1.82) is 0 Å². The lowest BCUT2D eigenvalue weighted by molar-refractivity contribution is -0.489. The molecule has 1 N–H and O–H groups in total. The molecular formula is C15H28N2O6. The van der Waals surface area contributed by atoms with Crippen LogP contribution in [0.15, 0.2) is 0 Å². The molecule has 23 heavy (non-hydrogen) atoms. The molecule has 8 nitrogen and oxygen atoms in total. The molecular weight excluding hydrogens is 304 g/mol. The number of carbonyl (C=O) groups excluding carboxylic acids is 2. The summed E-state index contributed by atoms with van der Waals surface area (Å²) in [5.41, 5.74) is -0.675. The molecule has 0 saturated heterocycles. The smallest absolute Gasteiger partial charge is 0.407 e. The van der Waals surface area contributed by atoms with Gasteiger partial charge in [0.05, 0.1) is 18.9 Å². The standard InChI is InChI=1S/C15H28N2O6/c1-7-22-12(18)8-11(9-17(20)21)13(10(2)3)16-14(19)23-15(4,5)6/h10-11,13H,7-9H2,1-6H3,(H,16,19)/t11-,13+/m1/s1. The van der Waals surface area contributed by atoms with Gasteiger partial charge in [-0.25, -0.2) is 4.79 Å². The average Bonchev–Trinajstić information content (AvgIpc) is 2.32. The third-order valence-corrected chi connectivity index (χ3v) is 3.03. The van der Waals surface area contributed by atoms with Crippen molar-refractivity contribution in [3.8, 4) is 0 Å². The van der Waals surface area contributed by atoms with Crippen LogP contribution in [0.5, 0.6) is 0 Å². The van der Waals surface area contributed by atoms with Gasteiger partial charge in [0.1, 0.15) is 5.60 Å². The highest BCUT2D eigenvalue weighted by Crippen LogP contribution is 2.19. The fourth-order valence-electron chi connectivity index (χ4n) is 2.20. The van der Waals surface area contributed by atoms with Crippen molar-refractivity contribution in [1.82, 2.24) is 5.32 Å². The molecule has 1 amide bonds. The molecule has 0 bridgehead atoms. The summed E-state index contributed by atoms with van der Waals surface area (Å²) in [6, 6.07) is -0.570. The SMILES string of the molecule is CCOC(=O)C[C@H](C[N+](=O)[O-])[C@@H](NC(=O)OC(C)(C)C)C(C)C. The molecule has 0 aromatic carbocycles. The van der Waals surface area contributed by atoms with Gasteiger partial charge in [0.15, 0.2) is 0 Å². The molecule has 2 atom stereocenters.